The lowest BCUT2D eigenvalue weighted by molar-refractivity contribution is 0.0583. The van der Waals surface area contributed by atoms with Gasteiger partial charge in [0, 0.05) is 17.2 Å². The number of aromatic nitrogens is 2. The Morgan fingerprint density at radius 1 is 0.964 bits per heavy atom. The van der Waals surface area contributed by atoms with Gasteiger partial charge in [-0.25, -0.2) is 4.79 Å². The number of hydrogen-bond donors (Lipinski definition) is 1. The van der Waals surface area contributed by atoms with E-state index in [0.717, 1.165) is 36.1 Å². The summed E-state index contributed by atoms with van der Waals surface area (Å²) in [6.45, 7) is 0.535. The van der Waals surface area contributed by atoms with Gasteiger partial charge in [0.25, 0.3) is 5.56 Å². The highest BCUT2D eigenvalue weighted by molar-refractivity contribution is 5.34. The predicted octanol–water partition coefficient (Wildman–Crippen LogP) is 3.57. The molecular weight excluding hydrogens is 352 g/mol. The van der Waals surface area contributed by atoms with Crippen LogP contribution < -0.4 is 11.2 Å². The van der Waals surface area contributed by atoms with Crippen LogP contribution in [0.2, 0.25) is 0 Å². The zero-order valence-corrected chi connectivity index (χ0v) is 15.8. The van der Waals surface area contributed by atoms with Crippen molar-refractivity contribution in [1.29, 1.82) is 0 Å². The van der Waals surface area contributed by atoms with Gasteiger partial charge in [0.05, 0.1) is 6.61 Å². The summed E-state index contributed by atoms with van der Waals surface area (Å²) in [6, 6.07) is 20.0. The molecule has 144 valence electrons. The number of hydrogen-bond acceptors (Lipinski definition) is 3. The van der Waals surface area contributed by atoms with E-state index in [1.54, 1.807) is 4.57 Å². The van der Waals surface area contributed by atoms with E-state index < -0.39 is 5.69 Å². The number of aromatic amines is 1. The van der Waals surface area contributed by atoms with Gasteiger partial charge in [-0.2, -0.15) is 0 Å². The quantitative estimate of drug-likeness (QED) is 0.693. The summed E-state index contributed by atoms with van der Waals surface area (Å²) in [5.41, 5.74) is 3.04. The van der Waals surface area contributed by atoms with Crippen LogP contribution in [0.5, 0.6) is 0 Å². The molecule has 2 aromatic carbocycles. The van der Waals surface area contributed by atoms with Crippen molar-refractivity contribution in [3.8, 4) is 0 Å². The van der Waals surface area contributed by atoms with E-state index >= 15 is 0 Å². The van der Waals surface area contributed by atoms with Crippen molar-refractivity contribution in [3.05, 3.63) is 104 Å². The third-order valence-electron chi connectivity index (χ3n) is 5.37. The first-order valence-corrected chi connectivity index (χ1v) is 9.76. The minimum absolute atomic E-state index is 0.0222. The number of ether oxygens (including phenoxy) is 1. The summed E-state index contributed by atoms with van der Waals surface area (Å²) in [5, 5.41) is 0. The van der Waals surface area contributed by atoms with E-state index in [-0.39, 0.29) is 18.2 Å². The zero-order valence-electron chi connectivity index (χ0n) is 15.8. The molecule has 1 heterocycles. The molecule has 1 aliphatic rings. The second kappa shape index (κ2) is 8.40. The fourth-order valence-corrected chi connectivity index (χ4v) is 4.02. The van der Waals surface area contributed by atoms with Gasteiger partial charge in [-0.1, -0.05) is 67.1 Å². The average molecular weight is 376 g/mol. The van der Waals surface area contributed by atoms with Crippen molar-refractivity contribution in [1.82, 2.24) is 9.55 Å². The van der Waals surface area contributed by atoms with Crippen molar-refractivity contribution < 1.29 is 4.74 Å². The number of fused-ring (bicyclic) bond motifs is 1. The van der Waals surface area contributed by atoms with Crippen LogP contribution in [-0.4, -0.2) is 9.55 Å². The minimum atomic E-state index is -0.403. The first kappa shape index (κ1) is 18.4. The lowest BCUT2D eigenvalue weighted by Gasteiger charge is -2.22. The standard InChI is InChI=1S/C23H24N2O3/c26-22-20-14-8-7-13-19(18-11-5-2-6-12-18)21(20)25(23(27)24-22)16-28-15-17-9-3-1-4-10-17/h1-6,9-12,19H,7-8,13-16H2,(H,24,26,27). The van der Waals surface area contributed by atoms with Gasteiger partial charge in [0.2, 0.25) is 0 Å². The molecule has 4 rings (SSSR count). The van der Waals surface area contributed by atoms with Gasteiger partial charge in [0.15, 0.2) is 0 Å². The first-order valence-electron chi connectivity index (χ1n) is 9.76. The molecular formula is C23H24N2O3. The third-order valence-corrected chi connectivity index (χ3v) is 5.37. The number of nitrogens with zero attached hydrogens (tertiary/aromatic N) is 1. The van der Waals surface area contributed by atoms with Gasteiger partial charge < -0.3 is 4.74 Å². The first-order chi connectivity index (χ1) is 13.7. The van der Waals surface area contributed by atoms with Crippen LogP contribution in [0.4, 0.5) is 0 Å². The van der Waals surface area contributed by atoms with E-state index in [1.165, 1.54) is 0 Å². The van der Waals surface area contributed by atoms with Crippen molar-refractivity contribution >= 4 is 0 Å². The maximum Gasteiger partial charge on any atom is 0.330 e. The molecule has 28 heavy (non-hydrogen) atoms. The summed E-state index contributed by atoms with van der Waals surface area (Å²) in [4.78, 5) is 27.7. The Morgan fingerprint density at radius 2 is 1.68 bits per heavy atom. The fraction of sp³-hybridized carbons (Fsp3) is 0.304. The van der Waals surface area contributed by atoms with Gasteiger partial charge in [-0.3, -0.25) is 14.3 Å². The lowest BCUT2D eigenvalue weighted by atomic mass is 9.90. The highest BCUT2D eigenvalue weighted by Gasteiger charge is 2.26. The fourth-order valence-electron chi connectivity index (χ4n) is 4.02. The molecule has 0 aliphatic heterocycles. The monoisotopic (exact) mass is 376 g/mol. The van der Waals surface area contributed by atoms with Gasteiger partial charge in [-0.15, -0.1) is 0 Å². The topological polar surface area (TPSA) is 64.1 Å². The minimum Gasteiger partial charge on any atom is -0.356 e. The molecule has 1 atom stereocenters. The van der Waals surface area contributed by atoms with Crippen LogP contribution in [0.1, 0.15) is 47.6 Å². The number of nitrogens with one attached hydrogen (secondary N) is 1. The second-order valence-electron chi connectivity index (χ2n) is 7.22. The van der Waals surface area contributed by atoms with E-state index in [4.69, 9.17) is 4.74 Å². The van der Waals surface area contributed by atoms with Crippen molar-refractivity contribution in [2.24, 2.45) is 0 Å². The number of rotatable bonds is 5. The van der Waals surface area contributed by atoms with Gasteiger partial charge >= 0.3 is 5.69 Å². The van der Waals surface area contributed by atoms with Crippen LogP contribution in [0.25, 0.3) is 0 Å². The molecule has 0 saturated heterocycles. The zero-order chi connectivity index (χ0) is 19.3. The van der Waals surface area contributed by atoms with Crippen molar-refractivity contribution in [2.75, 3.05) is 0 Å². The maximum absolute atomic E-state index is 12.7. The highest BCUT2D eigenvalue weighted by atomic mass is 16.5. The van der Waals surface area contributed by atoms with E-state index in [9.17, 15) is 9.59 Å². The van der Waals surface area contributed by atoms with Crippen LogP contribution >= 0.6 is 0 Å². The lowest BCUT2D eigenvalue weighted by Crippen LogP contribution is -2.37. The van der Waals surface area contributed by atoms with Crippen molar-refractivity contribution in [3.63, 3.8) is 0 Å². The number of benzene rings is 2. The third kappa shape index (κ3) is 3.85. The smallest absolute Gasteiger partial charge is 0.330 e. The second-order valence-corrected chi connectivity index (χ2v) is 7.22. The Kier molecular flexibility index (Phi) is 5.53. The summed E-state index contributed by atoms with van der Waals surface area (Å²) in [6.07, 6.45) is 3.57. The Labute approximate surface area is 163 Å². The molecule has 0 amide bonds. The Hall–Kier alpha value is -2.92. The summed E-state index contributed by atoms with van der Waals surface area (Å²) in [7, 11) is 0. The molecule has 0 bridgehead atoms. The molecule has 5 nitrogen and oxygen atoms in total. The summed E-state index contributed by atoms with van der Waals surface area (Å²) in [5.74, 6) is 0.0222. The normalized spacial score (nSPS) is 16.4. The predicted molar refractivity (Wildman–Crippen MR) is 108 cm³/mol. The molecule has 1 aliphatic carbocycles. The van der Waals surface area contributed by atoms with Crippen molar-refractivity contribution in [2.45, 2.75) is 44.9 Å². The largest absolute Gasteiger partial charge is 0.356 e. The van der Waals surface area contributed by atoms with Crippen LogP contribution in [0, 0.1) is 0 Å². The number of H-pyrrole nitrogens is 1. The molecule has 3 aromatic rings. The van der Waals surface area contributed by atoms with Gasteiger partial charge in [0.1, 0.15) is 6.73 Å². The molecule has 1 unspecified atom stereocenters. The Morgan fingerprint density at radius 3 is 2.43 bits per heavy atom. The summed E-state index contributed by atoms with van der Waals surface area (Å²) < 4.78 is 7.47. The summed E-state index contributed by atoms with van der Waals surface area (Å²) >= 11 is 0. The van der Waals surface area contributed by atoms with E-state index in [0.29, 0.717) is 18.6 Å². The van der Waals surface area contributed by atoms with Crippen LogP contribution in [-0.2, 0) is 24.5 Å². The molecule has 1 N–H and O–H groups in total. The Bertz CT molecular complexity index is 1040. The average Bonchev–Trinajstić information content (AvgIpc) is 2.95. The molecule has 1 aromatic heterocycles. The van der Waals surface area contributed by atoms with E-state index in [1.807, 2.05) is 48.5 Å². The molecule has 0 fully saturated rings. The molecule has 0 spiro atoms. The van der Waals surface area contributed by atoms with Gasteiger partial charge in [-0.05, 0) is 30.4 Å². The highest BCUT2D eigenvalue weighted by Crippen LogP contribution is 2.33. The molecule has 0 radical (unpaired) electrons. The van der Waals surface area contributed by atoms with E-state index in [2.05, 4.69) is 17.1 Å². The SMILES string of the molecule is O=c1[nH]c(=O)n(COCc2ccccc2)c2c1CCCCC2c1ccccc1. The molecule has 0 saturated carbocycles. The Balaban J connectivity index is 1.72. The maximum atomic E-state index is 12.7. The molecule has 5 heteroatoms. The van der Waals surface area contributed by atoms with Crippen LogP contribution in [0.3, 0.4) is 0 Å². The van der Waals surface area contributed by atoms with Crippen LogP contribution in [0.15, 0.2) is 70.3 Å².